The van der Waals surface area contributed by atoms with Gasteiger partial charge in [0.05, 0.1) is 5.75 Å². The normalized spacial score (nSPS) is 14.3. The molecule has 0 aliphatic heterocycles. The van der Waals surface area contributed by atoms with Gasteiger partial charge in [-0.15, -0.1) is 11.8 Å². The Kier molecular flexibility index (Phi) is 4.87. The van der Waals surface area contributed by atoms with Crippen molar-refractivity contribution >= 4 is 23.5 Å². The third-order valence-corrected chi connectivity index (χ3v) is 3.63. The smallest absolute Gasteiger partial charge is 0.230 e. The van der Waals surface area contributed by atoms with E-state index in [1.165, 1.54) is 0 Å². The first-order valence-electron chi connectivity index (χ1n) is 6.34. The number of hydrogen-bond donors (Lipinski definition) is 2. The summed E-state index contributed by atoms with van der Waals surface area (Å²) >= 11 is 1.63. The van der Waals surface area contributed by atoms with E-state index < -0.39 is 0 Å². The number of hydrogen-bond acceptors (Lipinski definition) is 4. The molecule has 1 amide bonds. The molecular weight excluding hydrogens is 246 g/mol. The van der Waals surface area contributed by atoms with E-state index >= 15 is 0 Å². The zero-order valence-electron chi connectivity index (χ0n) is 10.6. The Balaban J connectivity index is 1.67. The van der Waals surface area contributed by atoms with Gasteiger partial charge in [-0.3, -0.25) is 4.79 Å². The van der Waals surface area contributed by atoms with E-state index in [1.54, 1.807) is 11.8 Å². The molecule has 1 fully saturated rings. The molecule has 98 valence electrons. The number of rotatable bonds is 7. The molecule has 4 nitrogen and oxygen atoms in total. The van der Waals surface area contributed by atoms with Crippen LogP contribution in [0.2, 0.25) is 0 Å². The first-order chi connectivity index (χ1) is 8.78. The van der Waals surface area contributed by atoms with E-state index in [0.717, 1.165) is 36.5 Å². The first-order valence-corrected chi connectivity index (χ1v) is 7.49. The van der Waals surface area contributed by atoms with Crippen molar-refractivity contribution in [2.75, 3.05) is 17.6 Å². The van der Waals surface area contributed by atoms with E-state index in [1.807, 2.05) is 19.2 Å². The molecule has 0 atom stereocenters. The highest BCUT2D eigenvalue weighted by Crippen LogP contribution is 2.19. The van der Waals surface area contributed by atoms with Crippen LogP contribution in [-0.2, 0) is 10.5 Å². The highest BCUT2D eigenvalue weighted by atomic mass is 32.2. The summed E-state index contributed by atoms with van der Waals surface area (Å²) in [4.78, 5) is 15.8. The second-order valence-corrected chi connectivity index (χ2v) is 5.40. The Morgan fingerprint density at radius 3 is 2.94 bits per heavy atom. The number of carbonyl (C=O) groups excluding carboxylic acids is 1. The fourth-order valence-electron chi connectivity index (χ4n) is 1.55. The van der Waals surface area contributed by atoms with Crippen LogP contribution in [0.3, 0.4) is 0 Å². The van der Waals surface area contributed by atoms with Crippen LogP contribution in [0.15, 0.2) is 18.3 Å². The molecule has 0 radical (unpaired) electrons. The average molecular weight is 265 g/mol. The molecule has 1 saturated carbocycles. The van der Waals surface area contributed by atoms with E-state index in [4.69, 9.17) is 0 Å². The molecule has 1 heterocycles. The molecule has 2 N–H and O–H groups in total. The summed E-state index contributed by atoms with van der Waals surface area (Å²) in [5, 5.41) is 6.14. The van der Waals surface area contributed by atoms with Crippen LogP contribution < -0.4 is 10.6 Å². The van der Waals surface area contributed by atoms with Gasteiger partial charge in [0.25, 0.3) is 0 Å². The molecule has 0 unspecified atom stereocenters. The molecule has 1 aliphatic carbocycles. The van der Waals surface area contributed by atoms with Gasteiger partial charge in [-0.2, -0.15) is 0 Å². The lowest BCUT2D eigenvalue weighted by atomic mass is 10.3. The minimum absolute atomic E-state index is 0.153. The van der Waals surface area contributed by atoms with E-state index in [-0.39, 0.29) is 5.91 Å². The Bertz CT molecular complexity index is 390. The van der Waals surface area contributed by atoms with Crippen LogP contribution in [0.5, 0.6) is 0 Å². The second kappa shape index (κ2) is 6.64. The van der Waals surface area contributed by atoms with Gasteiger partial charge >= 0.3 is 0 Å². The molecule has 1 aromatic heterocycles. The van der Waals surface area contributed by atoms with Crippen LogP contribution in [0.25, 0.3) is 0 Å². The number of thioether (sulfide) groups is 1. The van der Waals surface area contributed by atoms with E-state index in [0.29, 0.717) is 11.8 Å². The maximum atomic E-state index is 11.5. The summed E-state index contributed by atoms with van der Waals surface area (Å²) in [5.74, 6) is 2.42. The lowest BCUT2D eigenvalue weighted by Crippen LogP contribution is -2.27. The topological polar surface area (TPSA) is 54.0 Å². The molecule has 5 heteroatoms. The summed E-state index contributed by atoms with van der Waals surface area (Å²) in [7, 11) is 0. The number of amides is 1. The van der Waals surface area contributed by atoms with Crippen LogP contribution in [0.4, 0.5) is 5.82 Å². The molecule has 18 heavy (non-hydrogen) atoms. The number of anilines is 1. The van der Waals surface area contributed by atoms with Crippen molar-refractivity contribution in [2.24, 2.45) is 0 Å². The van der Waals surface area contributed by atoms with Gasteiger partial charge < -0.3 is 10.6 Å². The predicted octanol–water partition coefficient (Wildman–Crippen LogP) is 2.03. The fourth-order valence-corrected chi connectivity index (χ4v) is 2.33. The summed E-state index contributed by atoms with van der Waals surface area (Å²) in [6, 6.07) is 4.49. The number of aromatic nitrogens is 1. The van der Waals surface area contributed by atoms with Crippen molar-refractivity contribution in [2.45, 2.75) is 31.6 Å². The molecule has 2 rings (SSSR count). The van der Waals surface area contributed by atoms with Crippen molar-refractivity contribution in [3.05, 3.63) is 23.9 Å². The zero-order valence-corrected chi connectivity index (χ0v) is 11.4. The van der Waals surface area contributed by atoms with Crippen LogP contribution in [0.1, 0.15) is 25.3 Å². The van der Waals surface area contributed by atoms with Gasteiger partial charge in [-0.25, -0.2) is 4.98 Å². The lowest BCUT2D eigenvalue weighted by Gasteiger charge is -2.05. The highest BCUT2D eigenvalue weighted by Gasteiger charge is 2.22. The van der Waals surface area contributed by atoms with Crippen molar-refractivity contribution in [1.82, 2.24) is 10.3 Å². The van der Waals surface area contributed by atoms with Crippen LogP contribution in [0, 0.1) is 0 Å². The second-order valence-electron chi connectivity index (χ2n) is 4.42. The van der Waals surface area contributed by atoms with Gasteiger partial charge in [0.15, 0.2) is 0 Å². The predicted molar refractivity (Wildman–Crippen MR) is 75.7 cm³/mol. The van der Waals surface area contributed by atoms with Crippen molar-refractivity contribution in [1.29, 1.82) is 0 Å². The standard InChI is InChI=1S/C13H19N3OS/c1-2-14-12-6-3-10(7-15-12)8-18-9-13(17)16-11-4-5-11/h3,6-7,11H,2,4-5,8-9H2,1H3,(H,14,15)(H,16,17). The summed E-state index contributed by atoms with van der Waals surface area (Å²) in [5.41, 5.74) is 1.15. The Morgan fingerprint density at radius 2 is 2.33 bits per heavy atom. The number of carbonyl (C=O) groups is 1. The molecule has 0 bridgehead atoms. The third kappa shape index (κ3) is 4.56. The van der Waals surface area contributed by atoms with Gasteiger partial charge in [-0.05, 0) is 31.4 Å². The summed E-state index contributed by atoms with van der Waals surface area (Å²) < 4.78 is 0. The SMILES string of the molecule is CCNc1ccc(CSCC(=O)NC2CC2)cn1. The lowest BCUT2D eigenvalue weighted by molar-refractivity contribution is -0.118. The maximum absolute atomic E-state index is 11.5. The van der Waals surface area contributed by atoms with Gasteiger partial charge in [0, 0.05) is 24.5 Å². The quantitative estimate of drug-likeness (QED) is 0.792. The van der Waals surface area contributed by atoms with Crippen molar-refractivity contribution in [3.8, 4) is 0 Å². The van der Waals surface area contributed by atoms with Gasteiger partial charge in [-0.1, -0.05) is 6.07 Å². The highest BCUT2D eigenvalue weighted by molar-refractivity contribution is 7.99. The first kappa shape index (κ1) is 13.2. The maximum Gasteiger partial charge on any atom is 0.230 e. The van der Waals surface area contributed by atoms with Crippen molar-refractivity contribution in [3.63, 3.8) is 0 Å². The van der Waals surface area contributed by atoms with Gasteiger partial charge in [0.2, 0.25) is 5.91 Å². The molecule has 1 aliphatic rings. The molecule has 0 aromatic carbocycles. The minimum atomic E-state index is 0.153. The fraction of sp³-hybridized carbons (Fsp3) is 0.538. The number of pyridine rings is 1. The monoisotopic (exact) mass is 265 g/mol. The minimum Gasteiger partial charge on any atom is -0.370 e. The molecule has 1 aromatic rings. The Hall–Kier alpha value is -1.23. The molecule has 0 saturated heterocycles. The van der Waals surface area contributed by atoms with Crippen LogP contribution in [-0.4, -0.2) is 29.2 Å². The van der Waals surface area contributed by atoms with E-state index in [2.05, 4.69) is 21.7 Å². The summed E-state index contributed by atoms with van der Waals surface area (Å²) in [6.45, 7) is 2.92. The average Bonchev–Trinajstić information content (AvgIpc) is 3.16. The van der Waals surface area contributed by atoms with E-state index in [9.17, 15) is 4.79 Å². The largest absolute Gasteiger partial charge is 0.370 e. The number of nitrogens with zero attached hydrogens (tertiary/aromatic N) is 1. The molecular formula is C13H19N3OS. The number of nitrogens with one attached hydrogen (secondary N) is 2. The Labute approximate surface area is 112 Å². The Morgan fingerprint density at radius 1 is 1.50 bits per heavy atom. The summed E-state index contributed by atoms with van der Waals surface area (Å²) in [6.07, 6.45) is 4.15. The molecule has 0 spiro atoms. The van der Waals surface area contributed by atoms with Crippen molar-refractivity contribution < 1.29 is 4.79 Å². The van der Waals surface area contributed by atoms with Crippen LogP contribution >= 0.6 is 11.8 Å². The van der Waals surface area contributed by atoms with Gasteiger partial charge in [0.1, 0.15) is 5.82 Å². The third-order valence-electron chi connectivity index (χ3n) is 2.63. The zero-order chi connectivity index (χ0) is 12.8.